The first-order chi connectivity index (χ1) is 15.4. The molecule has 0 unspecified atom stereocenters. The second kappa shape index (κ2) is 9.33. The molecule has 0 atom stereocenters. The van der Waals surface area contributed by atoms with Gasteiger partial charge in [0.2, 0.25) is 0 Å². The topological polar surface area (TPSA) is 43.4 Å². The van der Waals surface area contributed by atoms with E-state index in [0.29, 0.717) is 23.0 Å². The Morgan fingerprint density at radius 3 is 1.62 bits per heavy atom. The van der Waals surface area contributed by atoms with Crippen LogP contribution in [0.1, 0.15) is 5.56 Å². The van der Waals surface area contributed by atoms with E-state index in [1.54, 1.807) is 13.3 Å². The maximum atomic E-state index is 14.5. The fourth-order valence-electron chi connectivity index (χ4n) is 3.75. The van der Waals surface area contributed by atoms with E-state index in [0.717, 1.165) is 16.2 Å². The summed E-state index contributed by atoms with van der Waals surface area (Å²) < 4.78 is 33.6. The SMILES string of the molecule is CP(C)(=O)c1ccccc1Oc1ccccc1CP(=O)(c1ccccc1)c1ccccc1. The molecule has 0 aliphatic carbocycles. The van der Waals surface area contributed by atoms with Crippen LogP contribution in [0.25, 0.3) is 0 Å². The smallest absolute Gasteiger partial charge is 0.147 e. The van der Waals surface area contributed by atoms with Gasteiger partial charge in [-0.15, -0.1) is 0 Å². The van der Waals surface area contributed by atoms with E-state index in [-0.39, 0.29) is 0 Å². The van der Waals surface area contributed by atoms with Gasteiger partial charge in [-0.05, 0) is 31.5 Å². The fourth-order valence-corrected chi connectivity index (χ4v) is 7.56. The van der Waals surface area contributed by atoms with E-state index >= 15 is 0 Å². The Hall–Kier alpha value is -2.86. The number of rotatable bonds is 7. The molecular formula is C27H26O3P2. The average molecular weight is 460 g/mol. The zero-order valence-corrected chi connectivity index (χ0v) is 20.0. The van der Waals surface area contributed by atoms with Crippen LogP contribution in [0, 0.1) is 0 Å². The molecule has 0 saturated heterocycles. The number of hydrogen-bond acceptors (Lipinski definition) is 3. The van der Waals surface area contributed by atoms with Crippen LogP contribution in [0.5, 0.6) is 11.5 Å². The Labute approximate surface area is 189 Å². The monoisotopic (exact) mass is 460 g/mol. The summed E-state index contributed by atoms with van der Waals surface area (Å²) in [6, 6.07) is 34.3. The van der Waals surface area contributed by atoms with Gasteiger partial charge in [-0.25, -0.2) is 0 Å². The summed E-state index contributed by atoms with van der Waals surface area (Å²) in [7, 11) is -5.48. The molecule has 0 bridgehead atoms. The molecule has 0 aliphatic rings. The van der Waals surface area contributed by atoms with Gasteiger partial charge in [0.05, 0.1) is 5.30 Å². The second-order valence-electron chi connectivity index (χ2n) is 8.10. The molecule has 4 aromatic rings. The van der Waals surface area contributed by atoms with Gasteiger partial charge < -0.3 is 13.9 Å². The molecule has 5 heteroatoms. The molecule has 0 amide bonds. The number of ether oxygens (including phenoxy) is 1. The third kappa shape index (κ3) is 4.80. The van der Waals surface area contributed by atoms with Gasteiger partial charge in [-0.1, -0.05) is 91.0 Å². The minimum Gasteiger partial charge on any atom is -0.456 e. The molecule has 0 aliphatic heterocycles. The summed E-state index contributed by atoms with van der Waals surface area (Å²) in [5.41, 5.74) is 0.848. The molecule has 4 aromatic carbocycles. The van der Waals surface area contributed by atoms with Crippen LogP contribution in [-0.4, -0.2) is 13.3 Å². The molecule has 0 N–H and O–H groups in total. The molecule has 0 aromatic heterocycles. The average Bonchev–Trinajstić information content (AvgIpc) is 2.81. The van der Waals surface area contributed by atoms with Crippen molar-refractivity contribution >= 4 is 30.2 Å². The van der Waals surface area contributed by atoms with E-state index in [4.69, 9.17) is 4.74 Å². The van der Waals surface area contributed by atoms with Crippen molar-refractivity contribution in [3.8, 4) is 11.5 Å². The molecule has 0 spiro atoms. The normalized spacial score (nSPS) is 11.8. The minimum atomic E-state index is -2.96. The molecule has 32 heavy (non-hydrogen) atoms. The molecule has 0 heterocycles. The maximum Gasteiger partial charge on any atom is 0.147 e. The number of para-hydroxylation sites is 2. The van der Waals surface area contributed by atoms with Crippen LogP contribution in [0.15, 0.2) is 109 Å². The summed E-state index contributed by atoms with van der Waals surface area (Å²) in [6.45, 7) is 3.47. The molecule has 162 valence electrons. The zero-order chi connectivity index (χ0) is 22.6. The minimum absolute atomic E-state index is 0.329. The van der Waals surface area contributed by atoms with E-state index in [1.807, 2.05) is 109 Å². The first-order valence-corrected chi connectivity index (χ1v) is 15.0. The van der Waals surface area contributed by atoms with Gasteiger partial charge in [-0.3, -0.25) is 0 Å². The fraction of sp³-hybridized carbons (Fsp3) is 0.111. The van der Waals surface area contributed by atoms with Crippen molar-refractivity contribution in [3.63, 3.8) is 0 Å². The maximum absolute atomic E-state index is 14.5. The van der Waals surface area contributed by atoms with E-state index in [2.05, 4.69) is 0 Å². The molecule has 0 radical (unpaired) electrons. The first kappa shape index (κ1) is 22.3. The summed E-state index contributed by atoms with van der Waals surface area (Å²) in [6.07, 6.45) is 0.329. The summed E-state index contributed by atoms with van der Waals surface area (Å²) >= 11 is 0. The van der Waals surface area contributed by atoms with Gasteiger partial charge in [0, 0.05) is 22.3 Å². The van der Waals surface area contributed by atoms with Crippen LogP contribution in [-0.2, 0) is 15.3 Å². The van der Waals surface area contributed by atoms with Crippen molar-refractivity contribution in [3.05, 3.63) is 115 Å². The zero-order valence-electron chi connectivity index (χ0n) is 18.2. The lowest BCUT2D eigenvalue weighted by Crippen LogP contribution is -2.17. The highest BCUT2D eigenvalue weighted by atomic mass is 31.2. The van der Waals surface area contributed by atoms with Crippen LogP contribution in [0.2, 0.25) is 0 Å². The van der Waals surface area contributed by atoms with Crippen LogP contribution in [0.3, 0.4) is 0 Å². The lowest BCUT2D eigenvalue weighted by molar-refractivity contribution is 0.481. The van der Waals surface area contributed by atoms with Gasteiger partial charge in [0.15, 0.2) is 0 Å². The Balaban J connectivity index is 1.78. The third-order valence-corrected chi connectivity index (χ3v) is 9.96. The largest absolute Gasteiger partial charge is 0.456 e. The summed E-state index contributed by atoms with van der Waals surface area (Å²) in [5, 5.41) is 2.32. The quantitative estimate of drug-likeness (QED) is 0.307. The predicted molar refractivity (Wildman–Crippen MR) is 136 cm³/mol. The van der Waals surface area contributed by atoms with Gasteiger partial charge in [-0.2, -0.15) is 0 Å². The molecule has 3 nitrogen and oxygen atoms in total. The number of benzene rings is 4. The summed E-state index contributed by atoms with van der Waals surface area (Å²) in [4.78, 5) is 0. The van der Waals surface area contributed by atoms with E-state index in [1.165, 1.54) is 0 Å². The van der Waals surface area contributed by atoms with Crippen molar-refractivity contribution in [2.24, 2.45) is 0 Å². The van der Waals surface area contributed by atoms with Crippen molar-refractivity contribution in [2.75, 3.05) is 13.3 Å². The van der Waals surface area contributed by atoms with Crippen molar-refractivity contribution in [2.45, 2.75) is 6.16 Å². The van der Waals surface area contributed by atoms with E-state index < -0.39 is 14.3 Å². The third-order valence-electron chi connectivity index (χ3n) is 5.38. The standard InChI is InChI=1S/C27H26O3P2/c1-31(2,28)27-20-12-11-19-26(27)30-25-18-10-9-13-22(25)21-32(29,23-14-5-3-6-15-23)24-16-7-4-8-17-24/h3-20H,21H2,1-2H3. The van der Waals surface area contributed by atoms with Crippen LogP contribution in [0.4, 0.5) is 0 Å². The lowest BCUT2D eigenvalue weighted by atomic mass is 10.2. The Morgan fingerprint density at radius 2 is 1.06 bits per heavy atom. The summed E-state index contributed by atoms with van der Waals surface area (Å²) in [5.74, 6) is 1.20. The van der Waals surface area contributed by atoms with Gasteiger partial charge in [0.1, 0.15) is 25.8 Å². The lowest BCUT2D eigenvalue weighted by Gasteiger charge is -2.22. The molecular weight excluding hydrogens is 434 g/mol. The van der Waals surface area contributed by atoms with E-state index in [9.17, 15) is 9.13 Å². The highest BCUT2D eigenvalue weighted by Crippen LogP contribution is 2.49. The van der Waals surface area contributed by atoms with Gasteiger partial charge in [0.25, 0.3) is 0 Å². The molecule has 0 fully saturated rings. The molecule has 0 saturated carbocycles. The van der Waals surface area contributed by atoms with Gasteiger partial charge >= 0.3 is 0 Å². The second-order valence-corrected chi connectivity index (χ2v) is 14.1. The predicted octanol–water partition coefficient (Wildman–Crippen LogP) is 6.24. The van der Waals surface area contributed by atoms with Crippen molar-refractivity contribution in [1.29, 1.82) is 0 Å². The first-order valence-electron chi connectivity index (χ1n) is 10.5. The highest BCUT2D eigenvalue weighted by molar-refractivity contribution is 7.78. The Kier molecular flexibility index (Phi) is 6.51. The number of hydrogen-bond donors (Lipinski definition) is 0. The van der Waals surface area contributed by atoms with Crippen LogP contribution < -0.4 is 20.7 Å². The van der Waals surface area contributed by atoms with Crippen LogP contribution >= 0.6 is 14.3 Å². The molecule has 4 rings (SSSR count). The Bertz CT molecular complexity index is 1250. The Morgan fingerprint density at radius 1 is 0.594 bits per heavy atom. The van der Waals surface area contributed by atoms with Crippen molar-refractivity contribution in [1.82, 2.24) is 0 Å². The highest BCUT2D eigenvalue weighted by Gasteiger charge is 2.29. The van der Waals surface area contributed by atoms with Crippen molar-refractivity contribution < 1.29 is 13.9 Å².